The lowest BCUT2D eigenvalue weighted by atomic mass is 10.2. The molecule has 24 heavy (non-hydrogen) atoms. The molecule has 0 bridgehead atoms. The number of carbonyl (C=O) groups is 1. The normalized spacial score (nSPS) is 10.4. The van der Waals surface area contributed by atoms with Gasteiger partial charge in [-0.3, -0.25) is 4.79 Å². The second kappa shape index (κ2) is 8.67. The molecule has 5 nitrogen and oxygen atoms in total. The van der Waals surface area contributed by atoms with E-state index in [4.69, 9.17) is 4.74 Å². The molecular formula is C16H15F2IN2O3. The zero-order valence-corrected chi connectivity index (χ0v) is 14.8. The number of alkyl halides is 2. The molecule has 1 amide bonds. The standard InChI is InChI=1S/C16H15F2IN2O3/c1-23-13-6-5-11(8-14(13)24-16(17)18)20-9-15(22)21-12-4-2-3-10(19)7-12/h2-8,16,20H,9H2,1H3,(H,21,22). The molecule has 0 atom stereocenters. The Balaban J connectivity index is 1.97. The van der Waals surface area contributed by atoms with Crippen LogP contribution in [-0.2, 0) is 4.79 Å². The van der Waals surface area contributed by atoms with Crippen molar-refractivity contribution in [3.8, 4) is 11.5 Å². The SMILES string of the molecule is COc1ccc(NCC(=O)Nc2cccc(I)c2)cc1OC(F)F. The Labute approximate surface area is 151 Å². The summed E-state index contributed by atoms with van der Waals surface area (Å²) in [6.45, 7) is -2.98. The van der Waals surface area contributed by atoms with Crippen molar-refractivity contribution in [2.45, 2.75) is 6.61 Å². The number of anilines is 2. The zero-order chi connectivity index (χ0) is 17.5. The molecule has 128 valence electrons. The van der Waals surface area contributed by atoms with Crippen molar-refractivity contribution in [1.82, 2.24) is 0 Å². The fraction of sp³-hybridized carbons (Fsp3) is 0.188. The highest BCUT2D eigenvalue weighted by atomic mass is 127. The highest BCUT2D eigenvalue weighted by molar-refractivity contribution is 14.1. The first-order valence-corrected chi connectivity index (χ1v) is 7.98. The van der Waals surface area contributed by atoms with Crippen LogP contribution in [0.5, 0.6) is 11.5 Å². The monoisotopic (exact) mass is 448 g/mol. The number of hydrogen-bond donors (Lipinski definition) is 2. The maximum atomic E-state index is 12.4. The summed E-state index contributed by atoms with van der Waals surface area (Å²) in [5.41, 5.74) is 1.15. The van der Waals surface area contributed by atoms with E-state index in [1.54, 1.807) is 12.1 Å². The van der Waals surface area contributed by atoms with Crippen molar-refractivity contribution in [2.24, 2.45) is 0 Å². The Morgan fingerprint density at radius 2 is 1.96 bits per heavy atom. The van der Waals surface area contributed by atoms with Gasteiger partial charge in [0.1, 0.15) is 0 Å². The lowest BCUT2D eigenvalue weighted by Gasteiger charge is -2.13. The third kappa shape index (κ3) is 5.52. The first-order chi connectivity index (χ1) is 11.5. The van der Waals surface area contributed by atoms with Crippen molar-refractivity contribution >= 4 is 39.9 Å². The molecule has 0 spiro atoms. The van der Waals surface area contributed by atoms with E-state index in [2.05, 4.69) is 38.0 Å². The number of carbonyl (C=O) groups excluding carboxylic acids is 1. The first-order valence-electron chi connectivity index (χ1n) is 6.90. The number of hydrogen-bond acceptors (Lipinski definition) is 4. The lowest BCUT2D eigenvalue weighted by Crippen LogP contribution is -2.21. The van der Waals surface area contributed by atoms with E-state index >= 15 is 0 Å². The summed E-state index contributed by atoms with van der Waals surface area (Å²) in [5, 5.41) is 5.59. The van der Waals surface area contributed by atoms with Gasteiger partial charge in [0.2, 0.25) is 5.91 Å². The van der Waals surface area contributed by atoms with Crippen molar-refractivity contribution in [2.75, 3.05) is 24.3 Å². The summed E-state index contributed by atoms with van der Waals surface area (Å²) >= 11 is 2.15. The fourth-order valence-corrected chi connectivity index (χ4v) is 2.47. The highest BCUT2D eigenvalue weighted by Crippen LogP contribution is 2.31. The predicted octanol–water partition coefficient (Wildman–Crippen LogP) is 3.95. The van der Waals surface area contributed by atoms with Crippen LogP contribution in [0.15, 0.2) is 42.5 Å². The van der Waals surface area contributed by atoms with Gasteiger partial charge in [-0.2, -0.15) is 8.78 Å². The minimum absolute atomic E-state index is 0.0219. The summed E-state index contributed by atoms with van der Waals surface area (Å²) in [7, 11) is 1.36. The second-order valence-electron chi connectivity index (χ2n) is 4.66. The summed E-state index contributed by atoms with van der Waals surface area (Å²) in [6.07, 6.45) is 0. The van der Waals surface area contributed by atoms with E-state index in [1.165, 1.54) is 19.2 Å². The predicted molar refractivity (Wildman–Crippen MR) is 95.9 cm³/mol. The maximum absolute atomic E-state index is 12.4. The molecule has 0 saturated carbocycles. The van der Waals surface area contributed by atoms with E-state index in [1.807, 2.05) is 18.2 Å². The molecule has 0 fully saturated rings. The molecule has 2 N–H and O–H groups in total. The van der Waals surface area contributed by atoms with Gasteiger partial charge in [0, 0.05) is 21.0 Å². The summed E-state index contributed by atoms with van der Waals surface area (Å²) in [5.74, 6) is -0.177. The average molecular weight is 448 g/mol. The van der Waals surface area contributed by atoms with Crippen LogP contribution >= 0.6 is 22.6 Å². The van der Waals surface area contributed by atoms with Gasteiger partial charge in [0.05, 0.1) is 13.7 Å². The second-order valence-corrected chi connectivity index (χ2v) is 5.90. The number of amides is 1. The molecule has 0 radical (unpaired) electrons. The molecule has 0 aliphatic rings. The topological polar surface area (TPSA) is 59.6 Å². The van der Waals surface area contributed by atoms with Crippen molar-refractivity contribution in [3.05, 3.63) is 46.0 Å². The van der Waals surface area contributed by atoms with Crippen LogP contribution < -0.4 is 20.1 Å². The van der Waals surface area contributed by atoms with Crippen LogP contribution in [0.4, 0.5) is 20.2 Å². The van der Waals surface area contributed by atoms with Gasteiger partial charge in [-0.15, -0.1) is 0 Å². The van der Waals surface area contributed by atoms with Crippen LogP contribution in [-0.4, -0.2) is 26.2 Å². The molecule has 0 saturated heterocycles. The smallest absolute Gasteiger partial charge is 0.387 e. The van der Waals surface area contributed by atoms with Crippen molar-refractivity contribution < 1.29 is 23.0 Å². The Morgan fingerprint density at radius 3 is 2.62 bits per heavy atom. The third-order valence-corrected chi connectivity index (χ3v) is 3.61. The number of nitrogens with one attached hydrogen (secondary N) is 2. The van der Waals surface area contributed by atoms with Gasteiger partial charge >= 0.3 is 6.61 Å². The van der Waals surface area contributed by atoms with Gasteiger partial charge in [0.15, 0.2) is 11.5 Å². The van der Waals surface area contributed by atoms with Crippen LogP contribution in [0, 0.1) is 3.57 Å². The highest BCUT2D eigenvalue weighted by Gasteiger charge is 2.12. The number of halogens is 3. The van der Waals surface area contributed by atoms with Crippen LogP contribution in [0.25, 0.3) is 0 Å². The number of ether oxygens (including phenoxy) is 2. The average Bonchev–Trinajstić information content (AvgIpc) is 2.52. The van der Waals surface area contributed by atoms with Crippen LogP contribution in [0.3, 0.4) is 0 Å². The van der Waals surface area contributed by atoms with Crippen molar-refractivity contribution in [1.29, 1.82) is 0 Å². The lowest BCUT2D eigenvalue weighted by molar-refractivity contribution is -0.114. The third-order valence-electron chi connectivity index (χ3n) is 2.94. The quantitative estimate of drug-likeness (QED) is 0.630. The van der Waals surface area contributed by atoms with E-state index in [-0.39, 0.29) is 24.0 Å². The van der Waals surface area contributed by atoms with E-state index in [0.717, 1.165) is 3.57 Å². The van der Waals surface area contributed by atoms with Gasteiger partial charge in [-0.05, 0) is 52.9 Å². The molecule has 0 aromatic heterocycles. The van der Waals surface area contributed by atoms with Gasteiger partial charge < -0.3 is 20.1 Å². The first kappa shape index (κ1) is 18.2. The zero-order valence-electron chi connectivity index (χ0n) is 12.7. The van der Waals surface area contributed by atoms with E-state index in [0.29, 0.717) is 11.4 Å². The minimum atomic E-state index is -2.96. The van der Waals surface area contributed by atoms with Gasteiger partial charge in [-0.25, -0.2) is 0 Å². The summed E-state index contributed by atoms with van der Waals surface area (Å²) in [6, 6.07) is 11.8. The fourth-order valence-electron chi connectivity index (χ4n) is 1.93. The minimum Gasteiger partial charge on any atom is -0.493 e. The van der Waals surface area contributed by atoms with Gasteiger partial charge in [-0.1, -0.05) is 6.07 Å². The largest absolute Gasteiger partial charge is 0.493 e. The van der Waals surface area contributed by atoms with Crippen LogP contribution in [0.2, 0.25) is 0 Å². The van der Waals surface area contributed by atoms with E-state index < -0.39 is 6.61 Å². The summed E-state index contributed by atoms with van der Waals surface area (Å²) < 4.78 is 35.1. The molecule has 0 aliphatic heterocycles. The molecule has 0 heterocycles. The van der Waals surface area contributed by atoms with E-state index in [9.17, 15) is 13.6 Å². The number of rotatable bonds is 7. The molecule has 2 aromatic carbocycles. The molecule has 0 unspecified atom stereocenters. The van der Waals surface area contributed by atoms with Crippen molar-refractivity contribution in [3.63, 3.8) is 0 Å². The Bertz CT molecular complexity index is 713. The molecule has 2 aromatic rings. The number of methoxy groups -OCH3 is 1. The van der Waals surface area contributed by atoms with Crippen LogP contribution in [0.1, 0.15) is 0 Å². The van der Waals surface area contributed by atoms with Gasteiger partial charge in [0.25, 0.3) is 0 Å². The molecule has 0 aliphatic carbocycles. The molecular weight excluding hydrogens is 433 g/mol. The molecule has 8 heteroatoms. The maximum Gasteiger partial charge on any atom is 0.387 e. The summed E-state index contributed by atoms with van der Waals surface area (Å²) in [4.78, 5) is 11.9. The molecule has 2 rings (SSSR count). The Morgan fingerprint density at radius 1 is 1.17 bits per heavy atom. The number of benzene rings is 2. The Kier molecular flexibility index (Phi) is 6.59. The Hall–Kier alpha value is -2.10.